The number of allylic oxidation sites excluding steroid dienone is 1. The predicted molar refractivity (Wildman–Crippen MR) is 179 cm³/mol. The summed E-state index contributed by atoms with van der Waals surface area (Å²) in [4.78, 5) is 17.0. The molecule has 3 saturated carbocycles. The third-order valence-corrected chi connectivity index (χ3v) is 12.9. The number of ether oxygens (including phenoxy) is 2. The average molecular weight is 710 g/mol. The zero-order valence-corrected chi connectivity index (χ0v) is 30.0. The van der Waals surface area contributed by atoms with E-state index in [2.05, 4.69) is 38.8 Å². The van der Waals surface area contributed by atoms with Crippen LogP contribution in [-0.2, 0) is 15.1 Å². The molecule has 1 N–H and O–H groups in total. The maximum atomic E-state index is 13.0. The number of nitrogens with zero attached hydrogens (tertiary/aromatic N) is 1. The van der Waals surface area contributed by atoms with Gasteiger partial charge in [-0.15, -0.1) is 0 Å². The maximum absolute atomic E-state index is 13.0. The fraction of sp³-hybridized carbons (Fsp3) is 0.765. The second kappa shape index (κ2) is 14.0. The van der Waals surface area contributed by atoms with Crippen LogP contribution in [0.4, 0.5) is 4.79 Å². The van der Waals surface area contributed by atoms with Crippen molar-refractivity contribution in [3.8, 4) is 5.75 Å². The molecule has 1 aromatic rings. The Morgan fingerprint density at radius 2 is 1.77 bits per heavy atom. The van der Waals surface area contributed by atoms with Gasteiger partial charge in [0.2, 0.25) is 3.79 Å². The first kappa shape index (κ1) is 34.9. The summed E-state index contributed by atoms with van der Waals surface area (Å²) in [6.07, 6.45) is 14.3. The number of hydrogen-bond acceptors (Lipinski definition) is 5. The zero-order chi connectivity index (χ0) is 32.0. The number of carbonyl (C=O) groups is 1. The maximum Gasteiger partial charge on any atom is 0.514 e. The molecule has 0 saturated heterocycles. The van der Waals surface area contributed by atoms with E-state index in [4.69, 9.17) is 67.5 Å². The minimum atomic E-state index is -2.02. The summed E-state index contributed by atoms with van der Waals surface area (Å²) in [6.45, 7) is 9.08. The number of pyridine rings is 1. The van der Waals surface area contributed by atoms with Crippen molar-refractivity contribution < 1.29 is 19.4 Å². The lowest BCUT2D eigenvalue weighted by Gasteiger charge is -2.55. The van der Waals surface area contributed by atoms with Crippen molar-refractivity contribution >= 4 is 64.2 Å². The van der Waals surface area contributed by atoms with E-state index in [-0.39, 0.29) is 38.7 Å². The van der Waals surface area contributed by atoms with Crippen molar-refractivity contribution in [3.63, 3.8) is 0 Å². The van der Waals surface area contributed by atoms with Gasteiger partial charge in [0.1, 0.15) is 21.8 Å². The van der Waals surface area contributed by atoms with Crippen molar-refractivity contribution in [2.75, 3.05) is 0 Å². The highest BCUT2D eigenvalue weighted by atomic mass is 35.6. The number of fused-ring (bicyclic) bond motifs is 5. The summed E-state index contributed by atoms with van der Waals surface area (Å²) in [5.74, 6) is 5.46. The van der Waals surface area contributed by atoms with E-state index in [9.17, 15) is 9.90 Å². The summed E-state index contributed by atoms with van der Waals surface area (Å²) in [5, 5.41) is 9.31. The molecular weight excluding hydrogens is 664 g/mol. The van der Waals surface area contributed by atoms with Crippen LogP contribution in [0.15, 0.2) is 11.6 Å². The van der Waals surface area contributed by atoms with Crippen molar-refractivity contribution in [1.82, 2.24) is 4.98 Å². The number of aromatic nitrogens is 1. The van der Waals surface area contributed by atoms with Gasteiger partial charge in [-0.3, -0.25) is 0 Å². The first-order valence-corrected chi connectivity index (χ1v) is 18.3. The highest BCUT2D eigenvalue weighted by Gasteiger charge is 2.55. The Kier molecular flexibility index (Phi) is 11.1. The lowest BCUT2D eigenvalue weighted by Crippen LogP contribution is -2.48. The van der Waals surface area contributed by atoms with Crippen molar-refractivity contribution in [2.24, 2.45) is 46.8 Å². The third kappa shape index (κ3) is 7.04. The Bertz CT molecular complexity index is 1250. The molecule has 5 nitrogen and oxygen atoms in total. The second-order valence-electron chi connectivity index (χ2n) is 14.5. The van der Waals surface area contributed by atoms with Crippen LogP contribution >= 0.6 is 58.0 Å². The molecule has 0 amide bonds. The monoisotopic (exact) mass is 707 g/mol. The normalized spacial score (nSPS) is 32.4. The van der Waals surface area contributed by atoms with E-state index in [1.54, 1.807) is 0 Å². The molecule has 246 valence electrons. The number of halogens is 5. The van der Waals surface area contributed by atoms with E-state index in [0.29, 0.717) is 12.3 Å². The van der Waals surface area contributed by atoms with Gasteiger partial charge in [0.05, 0.1) is 12.3 Å². The highest BCUT2D eigenvalue weighted by molar-refractivity contribution is 6.67. The molecule has 5 rings (SSSR count). The Morgan fingerprint density at radius 3 is 2.45 bits per heavy atom. The number of aliphatic hydroxyl groups is 1. The summed E-state index contributed by atoms with van der Waals surface area (Å²) in [6, 6.07) is 0. The molecule has 0 radical (unpaired) electrons. The fourth-order valence-electron chi connectivity index (χ4n) is 9.39. The summed E-state index contributed by atoms with van der Waals surface area (Å²) in [7, 11) is 0. The van der Waals surface area contributed by atoms with Crippen LogP contribution in [0.3, 0.4) is 0 Å². The van der Waals surface area contributed by atoms with Gasteiger partial charge in [0.25, 0.3) is 0 Å². The summed E-state index contributed by atoms with van der Waals surface area (Å²) in [5.41, 5.74) is 1.34. The van der Waals surface area contributed by atoms with Gasteiger partial charge < -0.3 is 14.6 Å². The molecule has 44 heavy (non-hydrogen) atoms. The molecule has 0 spiro atoms. The molecule has 4 aliphatic carbocycles. The molecule has 3 fully saturated rings. The van der Waals surface area contributed by atoms with E-state index in [1.165, 1.54) is 50.5 Å². The molecule has 8 atom stereocenters. The number of carbonyl (C=O) groups excluding carboxylic acids is 1. The quantitative estimate of drug-likeness (QED) is 0.165. The number of hydrogen-bond donors (Lipinski definition) is 1. The number of rotatable bonds is 8. The second-order valence-corrected chi connectivity index (χ2v) is 17.5. The Morgan fingerprint density at radius 1 is 1.05 bits per heavy atom. The lowest BCUT2D eigenvalue weighted by molar-refractivity contribution is -0.0232. The van der Waals surface area contributed by atoms with Gasteiger partial charge in [-0.1, -0.05) is 117 Å². The van der Waals surface area contributed by atoms with Crippen LogP contribution < -0.4 is 4.74 Å². The molecule has 10 heteroatoms. The zero-order valence-electron chi connectivity index (χ0n) is 26.2. The third-order valence-electron chi connectivity index (χ3n) is 11.6. The molecular formula is C34H46Cl5NO4. The minimum absolute atomic E-state index is 0.0283. The van der Waals surface area contributed by atoms with Gasteiger partial charge in [0, 0.05) is 6.42 Å². The molecule has 0 aromatic carbocycles. The topological polar surface area (TPSA) is 68.7 Å². The first-order chi connectivity index (χ1) is 20.7. The largest absolute Gasteiger partial charge is 0.514 e. The Labute approximate surface area is 287 Å². The minimum Gasteiger partial charge on any atom is -0.430 e. The first-order valence-electron chi connectivity index (χ1n) is 16.4. The average Bonchev–Trinajstić information content (AvgIpc) is 3.39. The standard InChI is InChI=1S/C34H46Cl5NO4/c1-18(2)6-5-7-19(3)22-10-11-24-23(22)12-13-26-25(24)9-8-20-16-21(14-15-33(20,26)4)43-32(42)44-30-28(35)27(17-41)40-31(29(30)36)34(37,38)39/h8,18-19,21-26,41H,5-7,9-17H2,1-4H3. The van der Waals surface area contributed by atoms with E-state index >= 15 is 0 Å². The lowest BCUT2D eigenvalue weighted by atomic mass is 9.50. The van der Waals surface area contributed by atoms with Crippen molar-refractivity contribution in [3.05, 3.63) is 33.1 Å². The highest BCUT2D eigenvalue weighted by Crippen LogP contribution is 2.63. The van der Waals surface area contributed by atoms with Gasteiger partial charge in [-0.2, -0.15) is 0 Å². The van der Waals surface area contributed by atoms with E-state index in [1.807, 2.05) is 0 Å². The van der Waals surface area contributed by atoms with Crippen LogP contribution in [-0.4, -0.2) is 22.3 Å². The van der Waals surface area contributed by atoms with E-state index in [0.717, 1.165) is 54.8 Å². The molecule has 1 heterocycles. The smallest absolute Gasteiger partial charge is 0.430 e. The summed E-state index contributed by atoms with van der Waals surface area (Å²) >= 11 is 30.7. The van der Waals surface area contributed by atoms with Gasteiger partial charge >= 0.3 is 6.16 Å². The van der Waals surface area contributed by atoms with Gasteiger partial charge in [0.15, 0.2) is 5.75 Å². The molecule has 1 aromatic heterocycles. The SMILES string of the molecule is CC(C)CCCC(C)C1CCC2C1CCC1C2CC=C2CC(OC(=O)Oc3c(Cl)c(CO)nc(C(Cl)(Cl)Cl)c3Cl)CCC21C. The molecule has 0 bridgehead atoms. The van der Waals surface area contributed by atoms with E-state index < -0.39 is 16.6 Å². The van der Waals surface area contributed by atoms with Crippen LogP contribution in [0.2, 0.25) is 10.0 Å². The number of aliphatic hydroxyl groups excluding tert-OH is 1. The predicted octanol–water partition coefficient (Wildman–Crippen LogP) is 11.2. The van der Waals surface area contributed by atoms with Crippen LogP contribution in [0.25, 0.3) is 0 Å². The van der Waals surface area contributed by atoms with Crippen LogP contribution in [0.5, 0.6) is 5.75 Å². The van der Waals surface area contributed by atoms with Crippen LogP contribution in [0.1, 0.15) is 110 Å². The number of alkyl halides is 3. The molecule has 0 aliphatic heterocycles. The molecule has 8 unspecified atom stereocenters. The summed E-state index contributed by atoms with van der Waals surface area (Å²) < 4.78 is 9.22. The van der Waals surface area contributed by atoms with Crippen LogP contribution in [0, 0.1) is 46.8 Å². The fourth-order valence-corrected chi connectivity index (χ4v) is 10.5. The van der Waals surface area contributed by atoms with Crippen molar-refractivity contribution in [1.29, 1.82) is 0 Å². The van der Waals surface area contributed by atoms with Crippen molar-refractivity contribution in [2.45, 2.75) is 115 Å². The van der Waals surface area contributed by atoms with Gasteiger partial charge in [-0.05, 0) is 91.8 Å². The Balaban J connectivity index is 1.23. The Hall–Kier alpha value is -0.430. The van der Waals surface area contributed by atoms with Gasteiger partial charge in [-0.25, -0.2) is 9.78 Å². The molecule has 4 aliphatic rings.